The normalized spacial score (nSPS) is 12.5. The quantitative estimate of drug-likeness (QED) is 0.692. The molecule has 0 N–H and O–H groups in total. The standard InChI is InChI=1S/C11H4F9O5/c12-9(13,14)23-5-1-7(24-10(15,16)17)6(3-22-4-21)8(2-5)25-11(18,19)20/h1-2H,3H2. The highest BCUT2D eigenvalue weighted by Gasteiger charge is 2.38. The zero-order valence-corrected chi connectivity index (χ0v) is 11.3. The summed E-state index contributed by atoms with van der Waals surface area (Å²) < 4.78 is 124. The molecule has 1 aromatic carbocycles. The van der Waals surface area contributed by atoms with Gasteiger partial charge in [0.2, 0.25) is 0 Å². The lowest BCUT2D eigenvalue weighted by Gasteiger charge is -2.19. The third-order valence-corrected chi connectivity index (χ3v) is 2.10. The number of ether oxygens (including phenoxy) is 4. The van der Waals surface area contributed by atoms with Gasteiger partial charge in [0.1, 0.15) is 23.9 Å². The van der Waals surface area contributed by atoms with Crippen LogP contribution in [0.25, 0.3) is 0 Å². The first-order valence-electron chi connectivity index (χ1n) is 5.63. The molecule has 1 radical (unpaired) electrons. The molecule has 1 rings (SSSR count). The van der Waals surface area contributed by atoms with Crippen molar-refractivity contribution >= 4 is 6.47 Å². The number of rotatable bonds is 6. The molecule has 0 aliphatic rings. The predicted octanol–water partition coefficient (Wildman–Crippen LogP) is 3.97. The van der Waals surface area contributed by atoms with Crippen LogP contribution in [0.1, 0.15) is 5.56 Å². The highest BCUT2D eigenvalue weighted by molar-refractivity contribution is 5.51. The van der Waals surface area contributed by atoms with E-state index in [0.29, 0.717) is 6.47 Å². The zero-order chi connectivity index (χ0) is 19.5. The Morgan fingerprint density at radius 2 is 1.16 bits per heavy atom. The molecule has 0 atom stereocenters. The Hall–Kier alpha value is -2.54. The highest BCUT2D eigenvalue weighted by atomic mass is 19.4. The molecular formula is C11H4F9O5. The van der Waals surface area contributed by atoms with Crippen LogP contribution < -0.4 is 14.2 Å². The van der Waals surface area contributed by atoms with Gasteiger partial charge in [0.05, 0.1) is 5.56 Å². The van der Waals surface area contributed by atoms with Crippen LogP contribution in [0.3, 0.4) is 0 Å². The lowest BCUT2D eigenvalue weighted by Crippen LogP contribution is -2.22. The molecule has 0 unspecified atom stereocenters. The maximum absolute atomic E-state index is 12.3. The molecule has 0 aliphatic heterocycles. The fourth-order valence-electron chi connectivity index (χ4n) is 1.46. The summed E-state index contributed by atoms with van der Waals surface area (Å²) in [4.78, 5) is 9.98. The van der Waals surface area contributed by atoms with Gasteiger partial charge in [-0.25, -0.2) is 4.79 Å². The van der Waals surface area contributed by atoms with Gasteiger partial charge < -0.3 is 18.9 Å². The van der Waals surface area contributed by atoms with Crippen LogP contribution in [0.15, 0.2) is 12.1 Å². The summed E-state index contributed by atoms with van der Waals surface area (Å²) in [5, 5.41) is 0. The van der Waals surface area contributed by atoms with Gasteiger partial charge in [-0.05, 0) is 0 Å². The summed E-state index contributed by atoms with van der Waals surface area (Å²) in [6, 6.07) is -0.0125. The zero-order valence-electron chi connectivity index (χ0n) is 11.3. The molecule has 25 heavy (non-hydrogen) atoms. The molecule has 0 fully saturated rings. The molecule has 0 saturated carbocycles. The number of alkyl halides is 9. The van der Waals surface area contributed by atoms with E-state index in [9.17, 15) is 44.3 Å². The maximum atomic E-state index is 12.3. The van der Waals surface area contributed by atoms with E-state index in [1.807, 2.05) is 0 Å². The SMILES string of the molecule is O=[C]OCc1c(OC(F)(F)F)cc(OC(F)(F)F)cc1OC(F)(F)F. The first-order valence-corrected chi connectivity index (χ1v) is 5.63. The summed E-state index contributed by atoms with van der Waals surface area (Å²) in [6.45, 7) is -0.557. The van der Waals surface area contributed by atoms with Gasteiger partial charge in [0.25, 0.3) is 0 Å². The second-order valence-corrected chi connectivity index (χ2v) is 3.91. The number of benzene rings is 1. The minimum absolute atomic E-state index is 0.00624. The first-order chi connectivity index (χ1) is 11.2. The van der Waals surface area contributed by atoms with Gasteiger partial charge in [-0.2, -0.15) is 0 Å². The number of carbonyl (C=O) groups excluding carboxylic acids is 1. The second-order valence-electron chi connectivity index (χ2n) is 3.91. The molecule has 141 valence electrons. The Balaban J connectivity index is 3.47. The number of hydrogen-bond acceptors (Lipinski definition) is 5. The monoisotopic (exact) mass is 387 g/mol. The molecule has 0 aromatic heterocycles. The van der Waals surface area contributed by atoms with E-state index < -0.39 is 48.5 Å². The third-order valence-electron chi connectivity index (χ3n) is 2.10. The average Bonchev–Trinajstić information content (AvgIpc) is 2.31. The van der Waals surface area contributed by atoms with Crippen molar-refractivity contribution in [1.29, 1.82) is 0 Å². The molecule has 0 heterocycles. The fourth-order valence-corrected chi connectivity index (χ4v) is 1.46. The van der Waals surface area contributed by atoms with Crippen LogP contribution in [-0.4, -0.2) is 25.6 Å². The Bertz CT molecular complexity index is 568. The van der Waals surface area contributed by atoms with E-state index >= 15 is 0 Å². The van der Waals surface area contributed by atoms with Crippen molar-refractivity contribution in [1.82, 2.24) is 0 Å². The van der Waals surface area contributed by atoms with Gasteiger partial charge in [-0.3, -0.25) is 0 Å². The van der Waals surface area contributed by atoms with Gasteiger partial charge >= 0.3 is 25.6 Å². The third kappa shape index (κ3) is 7.71. The van der Waals surface area contributed by atoms with Crippen LogP contribution in [-0.2, 0) is 16.1 Å². The molecule has 1 aromatic rings. The molecule has 0 bridgehead atoms. The lowest BCUT2D eigenvalue weighted by atomic mass is 10.1. The largest absolute Gasteiger partial charge is 0.573 e. The summed E-state index contributed by atoms with van der Waals surface area (Å²) in [5.74, 6) is -4.63. The Labute approximate surface area is 131 Å². The van der Waals surface area contributed by atoms with E-state index in [0.717, 1.165) is 0 Å². The Morgan fingerprint density at radius 3 is 1.48 bits per heavy atom. The highest BCUT2D eigenvalue weighted by Crippen LogP contribution is 2.40. The van der Waals surface area contributed by atoms with Crippen LogP contribution >= 0.6 is 0 Å². The molecule has 0 saturated heterocycles. The van der Waals surface area contributed by atoms with Crippen molar-refractivity contribution in [3.63, 3.8) is 0 Å². The Morgan fingerprint density at radius 1 is 0.760 bits per heavy atom. The molecule has 0 spiro atoms. The van der Waals surface area contributed by atoms with E-state index in [1.54, 1.807) is 0 Å². The molecular weight excluding hydrogens is 383 g/mol. The molecule has 0 amide bonds. The lowest BCUT2D eigenvalue weighted by molar-refractivity contribution is -0.278. The summed E-state index contributed by atoms with van der Waals surface area (Å²) in [7, 11) is 0. The smallest absolute Gasteiger partial charge is 0.452 e. The van der Waals surface area contributed by atoms with Crippen molar-refractivity contribution in [2.45, 2.75) is 25.7 Å². The Kier molecular flexibility index (Phi) is 5.86. The van der Waals surface area contributed by atoms with Crippen LogP contribution in [0.2, 0.25) is 0 Å². The van der Waals surface area contributed by atoms with Crippen LogP contribution in [0, 0.1) is 0 Å². The first kappa shape index (κ1) is 20.5. The van der Waals surface area contributed by atoms with Gasteiger partial charge in [0.15, 0.2) is 0 Å². The van der Waals surface area contributed by atoms with E-state index in [-0.39, 0.29) is 12.1 Å². The van der Waals surface area contributed by atoms with Crippen molar-refractivity contribution in [2.75, 3.05) is 0 Å². The second kappa shape index (κ2) is 7.14. The number of halogens is 9. The summed E-state index contributed by atoms with van der Waals surface area (Å²) >= 11 is 0. The van der Waals surface area contributed by atoms with Crippen LogP contribution in [0.5, 0.6) is 17.2 Å². The van der Waals surface area contributed by atoms with E-state index in [1.165, 1.54) is 0 Å². The van der Waals surface area contributed by atoms with Gasteiger partial charge in [-0.1, -0.05) is 0 Å². The van der Waals surface area contributed by atoms with Crippen molar-refractivity contribution < 1.29 is 63.3 Å². The summed E-state index contributed by atoms with van der Waals surface area (Å²) in [5.41, 5.74) is -1.16. The average molecular weight is 387 g/mol. The summed E-state index contributed by atoms with van der Waals surface area (Å²) in [6.07, 6.45) is -16.4. The molecule has 14 heteroatoms. The minimum atomic E-state index is -5.49. The number of hydrogen-bond donors (Lipinski definition) is 0. The molecule has 5 nitrogen and oxygen atoms in total. The van der Waals surface area contributed by atoms with Gasteiger partial charge in [-0.15, -0.1) is 39.5 Å². The van der Waals surface area contributed by atoms with Crippen molar-refractivity contribution in [2.24, 2.45) is 0 Å². The topological polar surface area (TPSA) is 54.0 Å². The van der Waals surface area contributed by atoms with Crippen molar-refractivity contribution in [3.05, 3.63) is 17.7 Å². The fraction of sp³-hybridized carbons (Fsp3) is 0.364. The van der Waals surface area contributed by atoms with Crippen LogP contribution in [0.4, 0.5) is 39.5 Å². The maximum Gasteiger partial charge on any atom is 0.573 e. The van der Waals surface area contributed by atoms with Gasteiger partial charge in [0, 0.05) is 12.1 Å². The van der Waals surface area contributed by atoms with E-state index in [4.69, 9.17) is 0 Å². The van der Waals surface area contributed by atoms with Crippen molar-refractivity contribution in [3.8, 4) is 17.2 Å². The molecule has 0 aliphatic carbocycles. The van der Waals surface area contributed by atoms with E-state index in [2.05, 4.69) is 18.9 Å². The minimum Gasteiger partial charge on any atom is -0.452 e. The predicted molar refractivity (Wildman–Crippen MR) is 57.0 cm³/mol.